The summed E-state index contributed by atoms with van der Waals surface area (Å²) in [6.07, 6.45) is 2.18. The monoisotopic (exact) mass is 227 g/mol. The van der Waals surface area contributed by atoms with E-state index in [2.05, 4.69) is 22.5 Å². The molecular formula is C12H25N3O. The summed E-state index contributed by atoms with van der Waals surface area (Å²) in [5.74, 6) is 0.249. The highest BCUT2D eigenvalue weighted by Gasteiger charge is 2.21. The average Bonchev–Trinajstić information content (AvgIpc) is 2.30. The quantitative estimate of drug-likeness (QED) is 0.716. The van der Waals surface area contributed by atoms with Gasteiger partial charge >= 0.3 is 0 Å². The van der Waals surface area contributed by atoms with Crippen LogP contribution in [0.25, 0.3) is 0 Å². The van der Waals surface area contributed by atoms with E-state index in [0.717, 1.165) is 39.0 Å². The molecule has 1 unspecified atom stereocenters. The third-order valence-corrected chi connectivity index (χ3v) is 3.34. The van der Waals surface area contributed by atoms with Crippen LogP contribution in [0, 0.1) is 5.92 Å². The van der Waals surface area contributed by atoms with Crippen molar-refractivity contribution in [1.82, 2.24) is 15.5 Å². The smallest absolute Gasteiger partial charge is 0.224 e. The van der Waals surface area contributed by atoms with E-state index in [1.165, 1.54) is 0 Å². The standard InChI is InChI=1S/C12H25N3O/c1-4-15-7-5-11(6-8-15)14-12(16)10(2)9-13-3/h10-11,13H,4-9H2,1-3H3,(H,14,16). The van der Waals surface area contributed by atoms with Crippen LogP contribution < -0.4 is 10.6 Å². The van der Waals surface area contributed by atoms with Crippen molar-refractivity contribution in [2.24, 2.45) is 5.92 Å². The van der Waals surface area contributed by atoms with Gasteiger partial charge in [-0.05, 0) is 26.4 Å². The third kappa shape index (κ3) is 4.10. The zero-order chi connectivity index (χ0) is 12.0. The van der Waals surface area contributed by atoms with Crippen molar-refractivity contribution in [3.63, 3.8) is 0 Å². The molecule has 1 rings (SSSR count). The molecule has 0 aromatic rings. The number of nitrogens with one attached hydrogen (secondary N) is 2. The number of piperidine rings is 1. The first-order valence-electron chi connectivity index (χ1n) is 6.34. The van der Waals surface area contributed by atoms with Crippen LogP contribution in [0.15, 0.2) is 0 Å². The van der Waals surface area contributed by atoms with Crippen LogP contribution in [0.3, 0.4) is 0 Å². The molecule has 0 aliphatic carbocycles. The van der Waals surface area contributed by atoms with Gasteiger partial charge in [0.2, 0.25) is 5.91 Å². The van der Waals surface area contributed by atoms with Crippen molar-refractivity contribution in [3.05, 3.63) is 0 Å². The predicted octanol–water partition coefficient (Wildman–Crippen LogP) is 0.442. The largest absolute Gasteiger partial charge is 0.353 e. The van der Waals surface area contributed by atoms with E-state index in [-0.39, 0.29) is 11.8 Å². The minimum absolute atomic E-state index is 0.0641. The molecule has 0 saturated carbocycles. The molecule has 4 nitrogen and oxygen atoms in total. The summed E-state index contributed by atoms with van der Waals surface area (Å²) in [5.41, 5.74) is 0. The van der Waals surface area contributed by atoms with E-state index in [9.17, 15) is 4.79 Å². The maximum Gasteiger partial charge on any atom is 0.224 e. The van der Waals surface area contributed by atoms with Crippen LogP contribution >= 0.6 is 0 Å². The molecule has 4 heteroatoms. The Morgan fingerprint density at radius 3 is 2.56 bits per heavy atom. The van der Waals surface area contributed by atoms with Crippen LogP contribution in [0.4, 0.5) is 0 Å². The molecular weight excluding hydrogens is 202 g/mol. The van der Waals surface area contributed by atoms with Gasteiger partial charge in [0, 0.05) is 31.6 Å². The zero-order valence-electron chi connectivity index (χ0n) is 10.8. The van der Waals surface area contributed by atoms with Gasteiger partial charge in [-0.1, -0.05) is 13.8 Å². The van der Waals surface area contributed by atoms with Crippen molar-refractivity contribution >= 4 is 5.91 Å². The van der Waals surface area contributed by atoms with Crippen LogP contribution in [0.1, 0.15) is 26.7 Å². The first-order valence-corrected chi connectivity index (χ1v) is 6.34. The molecule has 1 atom stereocenters. The van der Waals surface area contributed by atoms with E-state index in [0.29, 0.717) is 6.04 Å². The van der Waals surface area contributed by atoms with Crippen LogP contribution in [0.5, 0.6) is 0 Å². The minimum atomic E-state index is 0.0641. The molecule has 0 bridgehead atoms. The van der Waals surface area contributed by atoms with Gasteiger partial charge in [0.15, 0.2) is 0 Å². The molecule has 0 aromatic carbocycles. The summed E-state index contributed by atoms with van der Waals surface area (Å²) in [6.45, 7) is 8.25. The molecule has 2 N–H and O–H groups in total. The Hall–Kier alpha value is -0.610. The lowest BCUT2D eigenvalue weighted by molar-refractivity contribution is -0.125. The number of rotatable bonds is 5. The fourth-order valence-electron chi connectivity index (χ4n) is 2.14. The Kier molecular flexibility index (Phi) is 5.77. The molecule has 16 heavy (non-hydrogen) atoms. The van der Waals surface area contributed by atoms with Gasteiger partial charge in [-0.15, -0.1) is 0 Å². The first kappa shape index (κ1) is 13.5. The molecule has 1 saturated heterocycles. The van der Waals surface area contributed by atoms with Gasteiger partial charge in [0.05, 0.1) is 0 Å². The lowest BCUT2D eigenvalue weighted by Crippen LogP contribution is -2.46. The summed E-state index contributed by atoms with van der Waals surface area (Å²) in [4.78, 5) is 14.2. The molecule has 1 aliphatic rings. The molecule has 0 spiro atoms. The Morgan fingerprint density at radius 1 is 1.44 bits per heavy atom. The molecule has 94 valence electrons. The first-order chi connectivity index (χ1) is 7.67. The van der Waals surface area contributed by atoms with E-state index in [1.54, 1.807) is 0 Å². The Balaban J connectivity index is 2.25. The summed E-state index contributed by atoms with van der Waals surface area (Å²) >= 11 is 0. The molecule has 1 heterocycles. The second-order valence-electron chi connectivity index (χ2n) is 4.68. The highest BCUT2D eigenvalue weighted by Crippen LogP contribution is 2.10. The Bertz CT molecular complexity index is 212. The molecule has 1 fully saturated rings. The second-order valence-corrected chi connectivity index (χ2v) is 4.68. The normalized spacial score (nSPS) is 20.7. The van der Waals surface area contributed by atoms with Gasteiger partial charge in [0.1, 0.15) is 0 Å². The fourth-order valence-corrected chi connectivity index (χ4v) is 2.14. The van der Waals surface area contributed by atoms with Gasteiger partial charge < -0.3 is 15.5 Å². The van der Waals surface area contributed by atoms with Crippen LogP contribution in [0.2, 0.25) is 0 Å². The maximum absolute atomic E-state index is 11.8. The highest BCUT2D eigenvalue weighted by molar-refractivity contribution is 5.78. The van der Waals surface area contributed by atoms with Crippen molar-refractivity contribution in [1.29, 1.82) is 0 Å². The number of carbonyl (C=O) groups is 1. The maximum atomic E-state index is 11.8. The number of nitrogens with zero attached hydrogens (tertiary/aromatic N) is 1. The summed E-state index contributed by atoms with van der Waals surface area (Å²) in [7, 11) is 1.88. The van der Waals surface area contributed by atoms with Crippen LogP contribution in [-0.4, -0.2) is 50.1 Å². The van der Waals surface area contributed by atoms with Crippen LogP contribution in [-0.2, 0) is 4.79 Å². The number of likely N-dealkylation sites (tertiary alicyclic amines) is 1. The van der Waals surface area contributed by atoms with E-state index in [4.69, 9.17) is 0 Å². The summed E-state index contributed by atoms with van der Waals surface area (Å²) < 4.78 is 0. The number of carbonyl (C=O) groups excluding carboxylic acids is 1. The Labute approximate surface area is 98.8 Å². The van der Waals surface area contributed by atoms with E-state index >= 15 is 0 Å². The average molecular weight is 227 g/mol. The van der Waals surface area contributed by atoms with Crippen molar-refractivity contribution in [2.75, 3.05) is 33.2 Å². The minimum Gasteiger partial charge on any atom is -0.353 e. The SMILES string of the molecule is CCN1CCC(NC(=O)C(C)CNC)CC1. The predicted molar refractivity (Wildman–Crippen MR) is 66.4 cm³/mol. The zero-order valence-corrected chi connectivity index (χ0v) is 10.8. The topological polar surface area (TPSA) is 44.4 Å². The fraction of sp³-hybridized carbons (Fsp3) is 0.917. The summed E-state index contributed by atoms with van der Waals surface area (Å²) in [5, 5.41) is 6.18. The second kappa shape index (κ2) is 6.86. The molecule has 0 aromatic heterocycles. The van der Waals surface area contributed by atoms with Gasteiger partial charge in [0.25, 0.3) is 0 Å². The Morgan fingerprint density at radius 2 is 2.06 bits per heavy atom. The summed E-state index contributed by atoms with van der Waals surface area (Å²) in [6, 6.07) is 0.384. The van der Waals surface area contributed by atoms with Gasteiger partial charge in [-0.25, -0.2) is 0 Å². The number of amides is 1. The van der Waals surface area contributed by atoms with Gasteiger partial charge in [-0.3, -0.25) is 4.79 Å². The lowest BCUT2D eigenvalue weighted by atomic mass is 10.0. The lowest BCUT2D eigenvalue weighted by Gasteiger charge is -2.32. The van der Waals surface area contributed by atoms with Crippen molar-refractivity contribution < 1.29 is 4.79 Å². The number of hydrogen-bond acceptors (Lipinski definition) is 3. The van der Waals surface area contributed by atoms with E-state index in [1.807, 2.05) is 14.0 Å². The van der Waals surface area contributed by atoms with E-state index < -0.39 is 0 Å². The number of hydrogen-bond donors (Lipinski definition) is 2. The molecule has 1 aliphatic heterocycles. The van der Waals surface area contributed by atoms with Gasteiger partial charge in [-0.2, -0.15) is 0 Å². The van der Waals surface area contributed by atoms with Crippen molar-refractivity contribution in [2.45, 2.75) is 32.7 Å². The molecule has 1 amide bonds. The highest BCUT2D eigenvalue weighted by atomic mass is 16.1. The van der Waals surface area contributed by atoms with Crippen molar-refractivity contribution in [3.8, 4) is 0 Å². The molecule has 0 radical (unpaired) electrons. The third-order valence-electron chi connectivity index (χ3n) is 3.34.